The Balaban J connectivity index is 1.97. The Labute approximate surface area is 105 Å². The third-order valence-electron chi connectivity index (χ3n) is 3.41. The fraction of sp³-hybridized carbons (Fsp3) is 0.286. The van der Waals surface area contributed by atoms with E-state index in [1.807, 2.05) is 35.2 Å². The quantitative estimate of drug-likeness (QED) is 0.820. The molecule has 4 heteroatoms. The van der Waals surface area contributed by atoms with Gasteiger partial charge in [0, 0.05) is 11.9 Å². The van der Waals surface area contributed by atoms with Crippen molar-refractivity contribution in [2.45, 2.75) is 19.4 Å². The van der Waals surface area contributed by atoms with E-state index in [1.165, 1.54) is 0 Å². The van der Waals surface area contributed by atoms with Crippen LogP contribution in [-0.4, -0.2) is 33.6 Å². The smallest absolute Gasteiger partial charge is 0.275 e. The molecule has 0 spiro atoms. The van der Waals surface area contributed by atoms with Crippen LogP contribution in [0, 0.1) is 0 Å². The molecule has 0 radical (unpaired) electrons. The lowest BCUT2D eigenvalue weighted by atomic mass is 10.1. The van der Waals surface area contributed by atoms with Crippen LogP contribution in [-0.2, 0) is 0 Å². The second-order valence-corrected chi connectivity index (χ2v) is 4.48. The molecule has 1 amide bonds. The van der Waals surface area contributed by atoms with Gasteiger partial charge in [0.05, 0.1) is 11.6 Å². The van der Waals surface area contributed by atoms with Gasteiger partial charge < -0.3 is 4.90 Å². The molecule has 1 aliphatic heterocycles. The van der Waals surface area contributed by atoms with Gasteiger partial charge in [-0.05, 0) is 12.5 Å². The number of nitrogens with zero attached hydrogens (tertiary/aromatic N) is 2. The highest BCUT2D eigenvalue weighted by Gasteiger charge is 2.27. The average Bonchev–Trinajstić information content (AvgIpc) is 3.04. The lowest BCUT2D eigenvalue weighted by Crippen LogP contribution is -2.35. The number of carbonyl (C=O) groups is 1. The summed E-state index contributed by atoms with van der Waals surface area (Å²) in [5.41, 5.74) is 1.42. The number of rotatable bonds is 2. The first-order chi connectivity index (χ1) is 8.81. The number of hydrogen-bond donors (Lipinski definition) is 1. The van der Waals surface area contributed by atoms with Crippen molar-refractivity contribution in [1.82, 2.24) is 15.1 Å². The predicted molar refractivity (Wildman–Crippen MR) is 70.3 cm³/mol. The highest BCUT2D eigenvalue weighted by atomic mass is 16.2. The van der Waals surface area contributed by atoms with E-state index in [9.17, 15) is 4.79 Å². The lowest BCUT2D eigenvalue weighted by molar-refractivity contribution is 0.0743. The molecule has 18 heavy (non-hydrogen) atoms. The minimum absolute atomic E-state index is 0.00398. The first kappa shape index (κ1) is 11.0. The number of H-pyrrole nitrogens is 1. The molecule has 0 saturated heterocycles. The molecular weight excluding hydrogens is 226 g/mol. The van der Waals surface area contributed by atoms with Gasteiger partial charge in [-0.15, -0.1) is 0 Å². The highest BCUT2D eigenvalue weighted by molar-refractivity contribution is 6.04. The van der Waals surface area contributed by atoms with E-state index >= 15 is 0 Å². The largest absolute Gasteiger partial charge is 0.327 e. The summed E-state index contributed by atoms with van der Waals surface area (Å²) in [6.07, 6.45) is 5.07. The minimum Gasteiger partial charge on any atom is -0.327 e. The summed E-state index contributed by atoms with van der Waals surface area (Å²) in [7, 11) is 0. The van der Waals surface area contributed by atoms with Gasteiger partial charge in [0.15, 0.2) is 5.69 Å². The zero-order valence-electron chi connectivity index (χ0n) is 10.3. The number of carbonyl (C=O) groups excluding carboxylic acids is 1. The maximum absolute atomic E-state index is 12.5. The normalized spacial score (nSPS) is 18.7. The van der Waals surface area contributed by atoms with Crippen molar-refractivity contribution < 1.29 is 4.79 Å². The molecule has 1 unspecified atom stereocenters. The third-order valence-corrected chi connectivity index (χ3v) is 3.41. The molecule has 2 aromatic rings. The maximum Gasteiger partial charge on any atom is 0.275 e. The Morgan fingerprint density at radius 2 is 2.33 bits per heavy atom. The zero-order chi connectivity index (χ0) is 12.5. The van der Waals surface area contributed by atoms with Crippen molar-refractivity contribution in [1.29, 1.82) is 0 Å². The third kappa shape index (κ3) is 1.61. The zero-order valence-corrected chi connectivity index (χ0v) is 10.3. The summed E-state index contributed by atoms with van der Waals surface area (Å²) in [5, 5.41) is 7.96. The first-order valence-electron chi connectivity index (χ1n) is 6.22. The number of para-hydroxylation sites is 1. The number of aromatic nitrogens is 2. The minimum atomic E-state index is 0.00398. The van der Waals surface area contributed by atoms with Crippen molar-refractivity contribution in [2.75, 3.05) is 6.54 Å². The van der Waals surface area contributed by atoms with E-state index in [1.54, 1.807) is 0 Å². The van der Waals surface area contributed by atoms with Gasteiger partial charge in [-0.25, -0.2) is 0 Å². The summed E-state index contributed by atoms with van der Waals surface area (Å²) >= 11 is 0. The van der Waals surface area contributed by atoms with E-state index < -0.39 is 0 Å². The van der Waals surface area contributed by atoms with Gasteiger partial charge in [-0.1, -0.05) is 37.3 Å². The fourth-order valence-electron chi connectivity index (χ4n) is 2.42. The topological polar surface area (TPSA) is 49.0 Å². The molecule has 1 aromatic heterocycles. The van der Waals surface area contributed by atoms with Crippen LogP contribution in [0.4, 0.5) is 0 Å². The van der Waals surface area contributed by atoms with Gasteiger partial charge in [0.1, 0.15) is 0 Å². The summed E-state index contributed by atoms with van der Waals surface area (Å²) in [4.78, 5) is 14.4. The highest BCUT2D eigenvalue weighted by Crippen LogP contribution is 2.21. The molecule has 1 N–H and O–H groups in total. The molecule has 2 heterocycles. The summed E-state index contributed by atoms with van der Waals surface area (Å²) in [6.45, 7) is 2.77. The first-order valence-corrected chi connectivity index (χ1v) is 6.22. The van der Waals surface area contributed by atoms with Crippen molar-refractivity contribution in [3.8, 4) is 0 Å². The van der Waals surface area contributed by atoms with Crippen molar-refractivity contribution in [3.05, 3.63) is 42.1 Å². The monoisotopic (exact) mass is 241 g/mol. The summed E-state index contributed by atoms with van der Waals surface area (Å²) in [5.74, 6) is 0.00398. The SMILES string of the molecule is CCC1C=CCN1C(=O)c1n[nH]c2ccccc12. The fourth-order valence-corrected chi connectivity index (χ4v) is 2.42. The Morgan fingerprint density at radius 1 is 1.50 bits per heavy atom. The molecule has 0 aliphatic carbocycles. The van der Waals surface area contributed by atoms with Gasteiger partial charge >= 0.3 is 0 Å². The molecule has 4 nitrogen and oxygen atoms in total. The Morgan fingerprint density at radius 3 is 3.17 bits per heavy atom. The maximum atomic E-state index is 12.5. The number of fused-ring (bicyclic) bond motifs is 1. The summed E-state index contributed by atoms with van der Waals surface area (Å²) in [6, 6.07) is 7.91. The second kappa shape index (κ2) is 4.29. The van der Waals surface area contributed by atoms with Crippen LogP contribution in [0.1, 0.15) is 23.8 Å². The Kier molecular flexibility index (Phi) is 2.63. The average molecular weight is 241 g/mol. The predicted octanol–water partition coefficient (Wildman–Crippen LogP) is 2.35. The van der Waals surface area contributed by atoms with Gasteiger partial charge in [0.25, 0.3) is 5.91 Å². The lowest BCUT2D eigenvalue weighted by Gasteiger charge is -2.22. The molecule has 1 aliphatic rings. The van der Waals surface area contributed by atoms with Crippen LogP contribution in [0.5, 0.6) is 0 Å². The van der Waals surface area contributed by atoms with Crippen LogP contribution < -0.4 is 0 Å². The number of aromatic amines is 1. The van der Waals surface area contributed by atoms with E-state index in [-0.39, 0.29) is 11.9 Å². The molecule has 1 aromatic carbocycles. The number of hydrogen-bond acceptors (Lipinski definition) is 2. The molecule has 0 fully saturated rings. The molecule has 0 saturated carbocycles. The number of amides is 1. The van der Waals surface area contributed by atoms with Crippen LogP contribution >= 0.6 is 0 Å². The van der Waals surface area contributed by atoms with Crippen LogP contribution in [0.3, 0.4) is 0 Å². The van der Waals surface area contributed by atoms with Gasteiger partial charge in [-0.3, -0.25) is 9.89 Å². The second-order valence-electron chi connectivity index (χ2n) is 4.48. The van der Waals surface area contributed by atoms with Crippen molar-refractivity contribution in [3.63, 3.8) is 0 Å². The van der Waals surface area contributed by atoms with Gasteiger partial charge in [0.2, 0.25) is 0 Å². The van der Waals surface area contributed by atoms with E-state index in [4.69, 9.17) is 0 Å². The molecule has 1 atom stereocenters. The van der Waals surface area contributed by atoms with Gasteiger partial charge in [-0.2, -0.15) is 5.10 Å². The van der Waals surface area contributed by atoms with E-state index in [0.29, 0.717) is 12.2 Å². The molecule has 0 bridgehead atoms. The Bertz CT molecular complexity index is 614. The Hall–Kier alpha value is -2.10. The number of benzene rings is 1. The van der Waals surface area contributed by atoms with Crippen LogP contribution in [0.2, 0.25) is 0 Å². The standard InChI is InChI=1S/C14H15N3O/c1-2-10-6-5-9-17(10)14(18)13-11-7-3-4-8-12(11)15-16-13/h3-8,10H,2,9H2,1H3,(H,15,16). The molecule has 3 rings (SSSR count). The van der Waals surface area contributed by atoms with E-state index in [0.717, 1.165) is 17.3 Å². The number of nitrogens with one attached hydrogen (secondary N) is 1. The van der Waals surface area contributed by atoms with E-state index in [2.05, 4.69) is 23.2 Å². The molecular formula is C14H15N3O. The molecule has 92 valence electrons. The van der Waals surface area contributed by atoms with Crippen LogP contribution in [0.15, 0.2) is 36.4 Å². The van der Waals surface area contributed by atoms with Crippen molar-refractivity contribution >= 4 is 16.8 Å². The van der Waals surface area contributed by atoms with Crippen molar-refractivity contribution in [2.24, 2.45) is 0 Å². The summed E-state index contributed by atoms with van der Waals surface area (Å²) < 4.78 is 0. The van der Waals surface area contributed by atoms with Crippen LogP contribution in [0.25, 0.3) is 10.9 Å².